The highest BCUT2D eigenvalue weighted by molar-refractivity contribution is 7.16. The normalized spacial score (nSPS) is 17.7. The molecule has 5 rings (SSSR count). The molecule has 4 nitrogen and oxygen atoms in total. The van der Waals surface area contributed by atoms with Crippen LogP contribution in [-0.4, -0.2) is 10.8 Å². The number of hydrogen-bond acceptors (Lipinski definition) is 5. The maximum absolute atomic E-state index is 9.96. The monoisotopic (exact) mass is 500 g/mol. The molecular weight excluding hydrogens is 468 g/mol. The van der Waals surface area contributed by atoms with Gasteiger partial charge in [-0.25, -0.2) is 4.99 Å². The van der Waals surface area contributed by atoms with Crippen LogP contribution in [0, 0.1) is 47.8 Å². The third-order valence-electron chi connectivity index (χ3n) is 7.84. The van der Waals surface area contributed by atoms with Crippen molar-refractivity contribution in [3.8, 4) is 17.1 Å². The smallest absolute Gasteiger partial charge is 0.134 e. The number of hydrogen-bond donors (Lipinski definition) is 0. The predicted molar refractivity (Wildman–Crippen MR) is 146 cm³/mol. The van der Waals surface area contributed by atoms with E-state index in [9.17, 15) is 10.5 Å². The average molecular weight is 501 g/mol. The number of aliphatic imine (C=N–C) groups is 1. The molecule has 0 saturated carbocycles. The third-order valence-corrected chi connectivity index (χ3v) is 10.3. The predicted octanol–water partition coefficient (Wildman–Crippen LogP) is 7.74. The van der Waals surface area contributed by atoms with Gasteiger partial charge in [0.1, 0.15) is 22.1 Å². The average Bonchev–Trinajstić information content (AvgIpc) is 3.46. The minimum absolute atomic E-state index is 0.277. The van der Waals surface area contributed by atoms with Crippen LogP contribution in [0.4, 0.5) is 5.00 Å². The van der Waals surface area contributed by atoms with Crippen LogP contribution in [0.1, 0.15) is 89.0 Å². The van der Waals surface area contributed by atoms with Gasteiger partial charge in [0, 0.05) is 32.9 Å². The van der Waals surface area contributed by atoms with Crippen LogP contribution in [0.2, 0.25) is 0 Å². The Morgan fingerprint density at radius 2 is 1.71 bits per heavy atom. The molecule has 6 heteroatoms. The Bertz CT molecular complexity index is 1410. The van der Waals surface area contributed by atoms with E-state index in [-0.39, 0.29) is 5.41 Å². The van der Waals surface area contributed by atoms with E-state index in [1.165, 1.54) is 33.7 Å². The molecule has 3 aromatic heterocycles. The first kappa shape index (κ1) is 24.0. The number of aryl methyl sites for hydroxylation is 2. The molecule has 35 heavy (non-hydrogen) atoms. The van der Waals surface area contributed by atoms with Gasteiger partial charge in [-0.3, -0.25) is 0 Å². The van der Waals surface area contributed by atoms with Gasteiger partial charge in [-0.1, -0.05) is 20.8 Å². The number of nitriles is 2. The quantitative estimate of drug-likeness (QED) is 0.345. The van der Waals surface area contributed by atoms with Crippen LogP contribution in [0.15, 0.2) is 11.1 Å². The fourth-order valence-electron chi connectivity index (χ4n) is 5.70. The van der Waals surface area contributed by atoms with Crippen molar-refractivity contribution in [2.75, 3.05) is 0 Å². The first-order valence-corrected chi connectivity index (χ1v) is 14.2. The molecule has 3 heterocycles. The van der Waals surface area contributed by atoms with Gasteiger partial charge < -0.3 is 4.57 Å². The van der Waals surface area contributed by atoms with E-state index in [1.54, 1.807) is 22.7 Å². The Hall–Kier alpha value is -2.67. The summed E-state index contributed by atoms with van der Waals surface area (Å²) < 4.78 is 2.22. The molecule has 0 aromatic carbocycles. The second kappa shape index (κ2) is 9.08. The van der Waals surface area contributed by atoms with Crippen LogP contribution < -0.4 is 0 Å². The lowest BCUT2D eigenvalue weighted by molar-refractivity contribution is 0.218. The minimum Gasteiger partial charge on any atom is -0.308 e. The van der Waals surface area contributed by atoms with E-state index in [0.717, 1.165) is 70.2 Å². The highest BCUT2D eigenvalue weighted by Gasteiger charge is 2.32. The van der Waals surface area contributed by atoms with E-state index >= 15 is 0 Å². The molecule has 0 saturated heterocycles. The van der Waals surface area contributed by atoms with Crippen LogP contribution in [0.3, 0.4) is 0 Å². The second-order valence-electron chi connectivity index (χ2n) is 11.0. The number of thiophene rings is 2. The standard InChI is InChI=1S/C29H32N4S2/c1-17-12-19(18(2)33(17)28-24(15-31)21-8-6-7-9-25(21)35-28)16-32-27-23(14-30)22-11-10-20(29(3,4)5)13-26(22)34-27/h12,16,20H,6-11,13H2,1-5H3/t20-/m1/s1. The minimum atomic E-state index is 0.277. The summed E-state index contributed by atoms with van der Waals surface area (Å²) in [5.74, 6) is 0.641. The molecular formula is C29H32N4S2. The fraction of sp³-hybridized carbons (Fsp3) is 0.483. The van der Waals surface area contributed by atoms with Crippen molar-refractivity contribution in [3.63, 3.8) is 0 Å². The molecule has 0 fully saturated rings. The van der Waals surface area contributed by atoms with Crippen molar-refractivity contribution < 1.29 is 0 Å². The summed E-state index contributed by atoms with van der Waals surface area (Å²) in [6, 6.07) is 7.10. The van der Waals surface area contributed by atoms with Gasteiger partial charge in [0.25, 0.3) is 0 Å². The van der Waals surface area contributed by atoms with Gasteiger partial charge in [-0.15, -0.1) is 22.7 Å². The Balaban J connectivity index is 1.49. The Labute approximate surface area is 216 Å². The largest absolute Gasteiger partial charge is 0.308 e. The molecule has 0 aliphatic heterocycles. The van der Waals surface area contributed by atoms with Crippen LogP contribution in [-0.2, 0) is 25.7 Å². The Kier molecular flexibility index (Phi) is 6.24. The lowest BCUT2D eigenvalue weighted by Gasteiger charge is -2.33. The molecule has 0 amide bonds. The lowest BCUT2D eigenvalue weighted by Crippen LogP contribution is -2.26. The van der Waals surface area contributed by atoms with Crippen molar-refractivity contribution in [1.29, 1.82) is 10.5 Å². The number of fused-ring (bicyclic) bond motifs is 2. The fourth-order valence-corrected chi connectivity index (χ4v) is 8.37. The zero-order valence-electron chi connectivity index (χ0n) is 21.3. The van der Waals surface area contributed by atoms with Gasteiger partial charge in [0.15, 0.2) is 0 Å². The van der Waals surface area contributed by atoms with Crippen LogP contribution in [0.5, 0.6) is 0 Å². The zero-order valence-corrected chi connectivity index (χ0v) is 22.9. The molecule has 1 atom stereocenters. The SMILES string of the molecule is Cc1cc(C=Nc2sc3c(c2C#N)CC[C@@H](C(C)(C)C)C3)c(C)n1-c1sc2c(c1C#N)CCCC2. The van der Waals surface area contributed by atoms with E-state index in [1.807, 2.05) is 6.21 Å². The molecule has 0 spiro atoms. The molecule has 0 radical (unpaired) electrons. The summed E-state index contributed by atoms with van der Waals surface area (Å²) in [5, 5.41) is 21.8. The van der Waals surface area contributed by atoms with Gasteiger partial charge >= 0.3 is 0 Å². The van der Waals surface area contributed by atoms with E-state index in [4.69, 9.17) is 4.99 Å². The third kappa shape index (κ3) is 4.18. The molecule has 2 aliphatic rings. The summed E-state index contributed by atoms with van der Waals surface area (Å²) in [6.07, 6.45) is 9.54. The number of rotatable bonds is 3. The lowest BCUT2D eigenvalue weighted by atomic mass is 9.72. The van der Waals surface area contributed by atoms with Gasteiger partial charge in [-0.2, -0.15) is 10.5 Å². The first-order valence-electron chi connectivity index (χ1n) is 12.6. The molecule has 0 N–H and O–H groups in total. The van der Waals surface area contributed by atoms with Crippen molar-refractivity contribution in [1.82, 2.24) is 4.57 Å². The Morgan fingerprint density at radius 3 is 2.43 bits per heavy atom. The topological polar surface area (TPSA) is 64.9 Å². The highest BCUT2D eigenvalue weighted by atomic mass is 32.1. The summed E-state index contributed by atoms with van der Waals surface area (Å²) in [7, 11) is 0. The maximum atomic E-state index is 9.96. The van der Waals surface area contributed by atoms with Crippen LogP contribution >= 0.6 is 22.7 Å². The van der Waals surface area contributed by atoms with Gasteiger partial charge in [0.05, 0.1) is 11.1 Å². The number of nitrogens with zero attached hydrogens (tertiary/aromatic N) is 4. The molecule has 0 unspecified atom stereocenters. The maximum Gasteiger partial charge on any atom is 0.134 e. The summed E-state index contributed by atoms with van der Waals surface area (Å²) >= 11 is 3.47. The second-order valence-corrected chi connectivity index (χ2v) is 13.2. The van der Waals surface area contributed by atoms with E-state index in [2.05, 4.69) is 57.4 Å². The van der Waals surface area contributed by atoms with E-state index in [0.29, 0.717) is 5.92 Å². The van der Waals surface area contributed by atoms with Gasteiger partial charge in [-0.05, 0) is 87.3 Å². The van der Waals surface area contributed by atoms with Crippen molar-refractivity contribution in [2.45, 2.75) is 79.6 Å². The highest BCUT2D eigenvalue weighted by Crippen LogP contribution is 2.45. The molecule has 2 aliphatic carbocycles. The van der Waals surface area contributed by atoms with Crippen molar-refractivity contribution in [3.05, 3.63) is 55.0 Å². The van der Waals surface area contributed by atoms with Crippen molar-refractivity contribution in [2.24, 2.45) is 16.3 Å². The van der Waals surface area contributed by atoms with Gasteiger partial charge in [0.2, 0.25) is 0 Å². The first-order chi connectivity index (χ1) is 16.7. The number of aromatic nitrogens is 1. The summed E-state index contributed by atoms with van der Waals surface area (Å²) in [4.78, 5) is 7.57. The zero-order chi connectivity index (χ0) is 24.9. The molecule has 0 bridgehead atoms. The molecule has 180 valence electrons. The van der Waals surface area contributed by atoms with Crippen LogP contribution in [0.25, 0.3) is 5.00 Å². The summed E-state index contributed by atoms with van der Waals surface area (Å²) in [6.45, 7) is 11.2. The molecule has 3 aromatic rings. The Morgan fingerprint density at radius 1 is 1.00 bits per heavy atom. The van der Waals surface area contributed by atoms with E-state index < -0.39 is 0 Å². The van der Waals surface area contributed by atoms with Crippen molar-refractivity contribution >= 4 is 33.9 Å². The summed E-state index contributed by atoms with van der Waals surface area (Å²) in [5.41, 5.74) is 7.61.